The van der Waals surface area contributed by atoms with Gasteiger partial charge in [0.25, 0.3) is 0 Å². The zero-order valence-corrected chi connectivity index (χ0v) is 7.52. The first-order chi connectivity index (χ1) is 5.34. The Hall–Kier alpha value is -1.05. The standard InChI is InChI=1S/C7H10N2.C2H6/c1-3-4-7-6(2)5-8-9-7;1-2/h4-5,9H,2-3H2,1H3;1-2H3/b7-4+;. The summed E-state index contributed by atoms with van der Waals surface area (Å²) in [6.07, 6.45) is 4.81. The van der Waals surface area contributed by atoms with Gasteiger partial charge in [0, 0.05) is 5.22 Å². The van der Waals surface area contributed by atoms with Gasteiger partial charge in [-0.15, -0.1) is 0 Å². The molecule has 0 amide bonds. The van der Waals surface area contributed by atoms with Crippen LogP contribution in [0.25, 0.3) is 12.7 Å². The van der Waals surface area contributed by atoms with Crippen molar-refractivity contribution < 1.29 is 0 Å². The summed E-state index contributed by atoms with van der Waals surface area (Å²) >= 11 is 0. The Balaban J connectivity index is 0.000000461. The second-order valence-electron chi connectivity index (χ2n) is 1.92. The Morgan fingerprint density at radius 1 is 1.64 bits per heavy atom. The lowest BCUT2D eigenvalue weighted by Gasteiger charge is -1.73. The molecule has 0 unspecified atom stereocenters. The van der Waals surface area contributed by atoms with Crippen LogP contribution in [0, 0.1) is 0 Å². The summed E-state index contributed by atoms with van der Waals surface area (Å²) in [7, 11) is 0. The molecule has 2 heteroatoms. The predicted octanol–water partition coefficient (Wildman–Crippen LogP) is 1.04. The highest BCUT2D eigenvalue weighted by Crippen LogP contribution is 1.70. The van der Waals surface area contributed by atoms with Crippen LogP contribution in [0.5, 0.6) is 0 Å². The van der Waals surface area contributed by atoms with E-state index in [0.29, 0.717) is 0 Å². The van der Waals surface area contributed by atoms with Crippen molar-refractivity contribution in [2.24, 2.45) is 0 Å². The molecule has 0 spiro atoms. The van der Waals surface area contributed by atoms with E-state index in [-0.39, 0.29) is 0 Å². The monoisotopic (exact) mass is 152 g/mol. The van der Waals surface area contributed by atoms with E-state index in [2.05, 4.69) is 29.8 Å². The number of rotatable bonds is 1. The highest BCUT2D eigenvalue weighted by molar-refractivity contribution is 5.19. The van der Waals surface area contributed by atoms with Crippen molar-refractivity contribution in [3.63, 3.8) is 0 Å². The molecule has 1 heterocycles. The third-order valence-corrected chi connectivity index (χ3v) is 1.16. The molecular weight excluding hydrogens is 136 g/mol. The molecule has 0 saturated carbocycles. The lowest BCUT2D eigenvalue weighted by Crippen LogP contribution is -2.19. The molecule has 0 fully saturated rings. The normalized spacial score (nSPS) is 10.6. The number of H-pyrrole nitrogens is 1. The summed E-state index contributed by atoms with van der Waals surface area (Å²) in [5.74, 6) is 0. The third-order valence-electron chi connectivity index (χ3n) is 1.16. The van der Waals surface area contributed by atoms with Gasteiger partial charge in [0.15, 0.2) is 0 Å². The van der Waals surface area contributed by atoms with Crippen molar-refractivity contribution in [2.75, 3.05) is 0 Å². The quantitative estimate of drug-likeness (QED) is 0.640. The summed E-state index contributed by atoms with van der Waals surface area (Å²) in [6, 6.07) is 0. The summed E-state index contributed by atoms with van der Waals surface area (Å²) in [5, 5.41) is 8.67. The van der Waals surface area contributed by atoms with Gasteiger partial charge in [0.2, 0.25) is 0 Å². The molecule has 0 aliphatic heterocycles. The van der Waals surface area contributed by atoms with E-state index in [4.69, 9.17) is 0 Å². The van der Waals surface area contributed by atoms with Gasteiger partial charge in [-0.05, 0) is 6.42 Å². The second-order valence-corrected chi connectivity index (χ2v) is 1.92. The molecule has 1 aromatic rings. The fraction of sp³-hybridized carbons (Fsp3) is 0.444. The van der Waals surface area contributed by atoms with Crippen molar-refractivity contribution >= 4 is 12.7 Å². The minimum absolute atomic E-state index is 0.969. The number of hydrogen-bond acceptors (Lipinski definition) is 1. The van der Waals surface area contributed by atoms with Gasteiger partial charge in [-0.1, -0.05) is 33.4 Å². The van der Waals surface area contributed by atoms with Crippen LogP contribution in [0.2, 0.25) is 0 Å². The van der Waals surface area contributed by atoms with Gasteiger partial charge in [-0.25, -0.2) is 0 Å². The molecule has 0 bridgehead atoms. The first-order valence-corrected chi connectivity index (χ1v) is 4.03. The number of nitrogens with one attached hydrogen (secondary N) is 1. The molecule has 0 atom stereocenters. The molecule has 0 saturated heterocycles. The average molecular weight is 152 g/mol. The summed E-state index contributed by atoms with van der Waals surface area (Å²) in [6.45, 7) is 9.86. The maximum absolute atomic E-state index is 3.82. The van der Waals surface area contributed by atoms with Crippen LogP contribution in [0.3, 0.4) is 0 Å². The number of aromatic nitrogens is 2. The van der Waals surface area contributed by atoms with Gasteiger partial charge in [0.1, 0.15) is 0 Å². The first kappa shape index (κ1) is 9.95. The number of nitrogens with zero attached hydrogens (tertiary/aromatic N) is 1. The van der Waals surface area contributed by atoms with Gasteiger partial charge >= 0.3 is 0 Å². The number of hydrogen-bond donors (Lipinski definition) is 1. The molecule has 0 aliphatic rings. The van der Waals surface area contributed by atoms with Gasteiger partial charge in [0.05, 0.1) is 11.5 Å². The van der Waals surface area contributed by atoms with E-state index in [1.807, 2.05) is 13.8 Å². The van der Waals surface area contributed by atoms with Gasteiger partial charge in [-0.3, -0.25) is 5.10 Å². The van der Waals surface area contributed by atoms with Crippen LogP contribution in [0.4, 0.5) is 0 Å². The maximum atomic E-state index is 3.82. The van der Waals surface area contributed by atoms with E-state index in [1.54, 1.807) is 6.20 Å². The summed E-state index contributed by atoms with van der Waals surface area (Å²) < 4.78 is 0. The molecule has 62 valence electrons. The van der Waals surface area contributed by atoms with Crippen molar-refractivity contribution in [1.82, 2.24) is 10.2 Å². The highest BCUT2D eigenvalue weighted by atomic mass is 15.1. The molecule has 2 nitrogen and oxygen atoms in total. The third kappa shape index (κ3) is 3.03. The Morgan fingerprint density at radius 3 is 2.64 bits per heavy atom. The smallest absolute Gasteiger partial charge is 0.0604 e. The fourth-order valence-electron chi connectivity index (χ4n) is 0.702. The Kier molecular flexibility index (Phi) is 5.17. The zero-order valence-electron chi connectivity index (χ0n) is 7.52. The Morgan fingerprint density at radius 2 is 2.27 bits per heavy atom. The van der Waals surface area contributed by atoms with E-state index < -0.39 is 0 Å². The van der Waals surface area contributed by atoms with Crippen LogP contribution < -0.4 is 10.6 Å². The van der Waals surface area contributed by atoms with Crippen LogP contribution in [0.1, 0.15) is 27.2 Å². The summed E-state index contributed by atoms with van der Waals surface area (Å²) in [4.78, 5) is 0. The SMILES string of the molecule is C=c1cn[nH]/c1=C/CC.CC. The van der Waals surface area contributed by atoms with Gasteiger partial charge < -0.3 is 0 Å². The minimum Gasteiger partial charge on any atom is -0.278 e. The van der Waals surface area contributed by atoms with Crippen molar-refractivity contribution in [3.8, 4) is 0 Å². The molecule has 1 aromatic heterocycles. The molecule has 11 heavy (non-hydrogen) atoms. The topological polar surface area (TPSA) is 28.7 Å². The lowest BCUT2D eigenvalue weighted by molar-refractivity contribution is 1.05. The first-order valence-electron chi connectivity index (χ1n) is 4.03. The predicted molar refractivity (Wildman–Crippen MR) is 49.5 cm³/mol. The van der Waals surface area contributed by atoms with E-state index >= 15 is 0 Å². The van der Waals surface area contributed by atoms with Crippen LogP contribution in [0.15, 0.2) is 6.20 Å². The maximum Gasteiger partial charge on any atom is 0.0604 e. The highest BCUT2D eigenvalue weighted by Gasteiger charge is 1.79. The summed E-state index contributed by atoms with van der Waals surface area (Å²) in [5.41, 5.74) is 0. The van der Waals surface area contributed by atoms with Crippen molar-refractivity contribution in [1.29, 1.82) is 0 Å². The Labute approximate surface area is 67.6 Å². The van der Waals surface area contributed by atoms with E-state index in [0.717, 1.165) is 17.0 Å². The van der Waals surface area contributed by atoms with Crippen molar-refractivity contribution in [3.05, 3.63) is 16.8 Å². The van der Waals surface area contributed by atoms with E-state index in [9.17, 15) is 0 Å². The average Bonchev–Trinajstić information content (AvgIpc) is 2.42. The van der Waals surface area contributed by atoms with Crippen LogP contribution in [-0.4, -0.2) is 10.2 Å². The molecule has 0 aliphatic carbocycles. The molecule has 0 aromatic carbocycles. The van der Waals surface area contributed by atoms with Crippen LogP contribution in [-0.2, 0) is 0 Å². The molecular formula is C9H16N2. The lowest BCUT2D eigenvalue weighted by atomic mass is 10.4. The Bertz CT molecular complexity index is 272. The molecule has 0 radical (unpaired) electrons. The minimum atomic E-state index is 0.969. The van der Waals surface area contributed by atoms with Gasteiger partial charge in [-0.2, -0.15) is 5.10 Å². The van der Waals surface area contributed by atoms with E-state index in [1.165, 1.54) is 0 Å². The molecule has 1 N–H and O–H groups in total. The molecule has 1 rings (SSSR count). The zero-order chi connectivity index (χ0) is 8.69. The second kappa shape index (κ2) is 5.71. The largest absolute Gasteiger partial charge is 0.278 e. The number of aromatic amines is 1. The van der Waals surface area contributed by atoms with Crippen molar-refractivity contribution in [2.45, 2.75) is 27.2 Å². The van der Waals surface area contributed by atoms with Crippen LogP contribution >= 0.6 is 0 Å². The fourth-order valence-corrected chi connectivity index (χ4v) is 0.702.